The Labute approximate surface area is 152 Å². The summed E-state index contributed by atoms with van der Waals surface area (Å²) in [5, 5.41) is 1.50. The summed E-state index contributed by atoms with van der Waals surface area (Å²) in [5.41, 5.74) is 1.86. The van der Waals surface area contributed by atoms with Crippen molar-refractivity contribution < 1.29 is 33.3 Å². The number of aryl methyl sites for hydroxylation is 1. The molecular weight excluding hydrogens is 303 g/mol. The van der Waals surface area contributed by atoms with Gasteiger partial charge in [0.1, 0.15) is 4.90 Å². The normalized spacial score (nSPS) is 11.4. The third-order valence-corrected chi connectivity index (χ3v) is 5.02. The predicted octanol–water partition coefficient (Wildman–Crippen LogP) is 1.89. The number of fused-ring (bicyclic) bond motifs is 1. The van der Waals surface area contributed by atoms with Crippen LogP contribution in [0.15, 0.2) is 35.2 Å². The smallest absolute Gasteiger partial charge is 1.00 e. The molecular formula is C18H25LiO3S. The molecule has 0 fully saturated rings. The number of benzene rings is 2. The first-order valence-electron chi connectivity index (χ1n) is 8.00. The van der Waals surface area contributed by atoms with Crippen LogP contribution in [0.25, 0.3) is 10.8 Å². The maximum absolute atomic E-state index is 12.0. The van der Waals surface area contributed by atoms with Gasteiger partial charge in [-0.25, -0.2) is 0 Å². The quantitative estimate of drug-likeness (QED) is 0.624. The van der Waals surface area contributed by atoms with Gasteiger partial charge in [-0.05, 0) is 42.2 Å². The molecule has 0 bridgehead atoms. The van der Waals surface area contributed by atoms with E-state index in [-0.39, 0.29) is 25.2 Å². The van der Waals surface area contributed by atoms with E-state index in [9.17, 15) is 13.0 Å². The average Bonchev–Trinajstić information content (AvgIpc) is 2.48. The molecule has 2 aromatic carbocycles. The largest absolute Gasteiger partial charge is 1.00 e. The predicted molar refractivity (Wildman–Crippen MR) is 92.1 cm³/mol. The first kappa shape index (κ1) is 20.3. The van der Waals surface area contributed by atoms with E-state index in [4.69, 9.17) is 0 Å². The molecule has 0 spiro atoms. The summed E-state index contributed by atoms with van der Waals surface area (Å²) in [6, 6.07) is 9.48. The molecule has 23 heavy (non-hydrogen) atoms. The molecule has 1 N–H and O–H groups in total. The molecule has 122 valence electrons. The zero-order valence-corrected chi connectivity index (χ0v) is 15.1. The van der Waals surface area contributed by atoms with Crippen molar-refractivity contribution in [3.63, 3.8) is 0 Å². The van der Waals surface area contributed by atoms with Crippen molar-refractivity contribution in [1.29, 1.82) is 0 Å². The molecule has 5 heteroatoms. The number of hydrogen-bond donors (Lipinski definition) is 1. The van der Waals surface area contributed by atoms with E-state index in [0.29, 0.717) is 11.8 Å². The van der Waals surface area contributed by atoms with Crippen LogP contribution < -0.4 is 18.9 Å². The molecule has 3 nitrogen and oxygen atoms in total. The number of hydrogen-bond acceptors (Lipinski definition) is 2. The summed E-state index contributed by atoms with van der Waals surface area (Å²) >= 11 is 0. The minimum atomic E-state index is -4.24. The molecule has 0 unspecified atom stereocenters. The Morgan fingerprint density at radius 3 is 2.26 bits per heavy atom. The Hall–Kier alpha value is -0.793. The van der Waals surface area contributed by atoms with Crippen molar-refractivity contribution in [3.05, 3.63) is 41.5 Å². The number of rotatable bonds is 7. The van der Waals surface area contributed by atoms with E-state index in [0.717, 1.165) is 48.6 Å². The van der Waals surface area contributed by atoms with E-state index in [1.165, 1.54) is 0 Å². The van der Waals surface area contributed by atoms with Crippen LogP contribution >= 0.6 is 0 Å². The van der Waals surface area contributed by atoms with Gasteiger partial charge in [-0.3, -0.25) is 4.55 Å². The van der Waals surface area contributed by atoms with Gasteiger partial charge in [-0.1, -0.05) is 57.0 Å². The van der Waals surface area contributed by atoms with Gasteiger partial charge >= 0.3 is 18.9 Å². The topological polar surface area (TPSA) is 54.4 Å². The summed E-state index contributed by atoms with van der Waals surface area (Å²) in [7, 11) is -4.24. The van der Waals surface area contributed by atoms with E-state index < -0.39 is 10.1 Å². The van der Waals surface area contributed by atoms with Crippen LogP contribution in [0.1, 0.15) is 52.1 Å². The second-order valence-corrected chi connectivity index (χ2v) is 7.11. The molecule has 0 aliphatic heterocycles. The van der Waals surface area contributed by atoms with Gasteiger partial charge in [0.25, 0.3) is 10.1 Å². The van der Waals surface area contributed by atoms with Crippen LogP contribution in [-0.4, -0.2) is 13.0 Å². The summed E-state index contributed by atoms with van der Waals surface area (Å²) in [6.07, 6.45) is 5.52. The van der Waals surface area contributed by atoms with Crippen molar-refractivity contribution in [2.45, 2.75) is 57.3 Å². The van der Waals surface area contributed by atoms with Crippen molar-refractivity contribution in [2.75, 3.05) is 0 Å². The van der Waals surface area contributed by atoms with Crippen LogP contribution in [0.4, 0.5) is 0 Å². The van der Waals surface area contributed by atoms with Crippen LogP contribution in [0.5, 0.6) is 0 Å². The van der Waals surface area contributed by atoms with Gasteiger partial charge in [0.2, 0.25) is 0 Å². The average molecular weight is 328 g/mol. The first-order chi connectivity index (χ1) is 10.5. The maximum atomic E-state index is 12.0. The molecule has 0 aliphatic carbocycles. The van der Waals surface area contributed by atoms with Gasteiger partial charge in [-0.15, -0.1) is 0 Å². The zero-order valence-electron chi connectivity index (χ0n) is 15.3. The monoisotopic (exact) mass is 328 g/mol. The Bertz CT molecular complexity index is 760. The fourth-order valence-corrected chi connectivity index (χ4v) is 3.93. The second-order valence-electron chi connectivity index (χ2n) is 5.75. The Morgan fingerprint density at radius 2 is 1.65 bits per heavy atom. The molecule has 0 atom stereocenters. The van der Waals surface area contributed by atoms with Crippen molar-refractivity contribution >= 4 is 20.9 Å². The summed E-state index contributed by atoms with van der Waals surface area (Å²) < 4.78 is 33.8. The molecule has 0 heterocycles. The molecule has 0 amide bonds. The van der Waals surface area contributed by atoms with Crippen molar-refractivity contribution in [1.82, 2.24) is 0 Å². The van der Waals surface area contributed by atoms with Gasteiger partial charge in [0.05, 0.1) is 0 Å². The third kappa shape index (κ3) is 4.84. The van der Waals surface area contributed by atoms with Gasteiger partial charge in [-0.2, -0.15) is 8.42 Å². The first-order valence-corrected chi connectivity index (χ1v) is 9.44. The van der Waals surface area contributed by atoms with Crippen LogP contribution in [-0.2, 0) is 23.0 Å². The molecule has 0 saturated carbocycles. The van der Waals surface area contributed by atoms with Gasteiger partial charge < -0.3 is 1.43 Å². The fraction of sp³-hybridized carbons (Fsp3) is 0.444. The minimum Gasteiger partial charge on any atom is -1.00 e. The van der Waals surface area contributed by atoms with Gasteiger partial charge in [0, 0.05) is 5.39 Å². The SMILES string of the molecule is CCCCc1cc2ccccc2c(S(=O)(=O)O)c1CCCC.[H-].[Li+]. The molecule has 2 aromatic rings. The Morgan fingerprint density at radius 1 is 1.04 bits per heavy atom. The number of unbranched alkanes of at least 4 members (excludes halogenated alkanes) is 2. The van der Waals surface area contributed by atoms with E-state index >= 15 is 0 Å². The summed E-state index contributed by atoms with van der Waals surface area (Å²) in [4.78, 5) is 0.116. The van der Waals surface area contributed by atoms with E-state index in [2.05, 4.69) is 19.9 Å². The van der Waals surface area contributed by atoms with E-state index in [1.807, 2.05) is 18.2 Å². The van der Waals surface area contributed by atoms with Crippen LogP contribution in [0.2, 0.25) is 0 Å². The third-order valence-electron chi connectivity index (χ3n) is 4.03. The zero-order chi connectivity index (χ0) is 16.2. The minimum absolute atomic E-state index is 0. The van der Waals surface area contributed by atoms with Crippen molar-refractivity contribution in [2.24, 2.45) is 0 Å². The Kier molecular flexibility index (Phi) is 7.83. The van der Waals surface area contributed by atoms with E-state index in [1.54, 1.807) is 6.07 Å². The fourth-order valence-electron chi connectivity index (χ4n) is 2.93. The molecule has 0 radical (unpaired) electrons. The standard InChI is InChI=1S/C18H24O3S.Li.H/c1-3-5-9-14-13-15-10-7-8-12-17(15)18(22(19,20)21)16(14)11-6-4-2;;/h7-8,10,12-13H,3-6,9,11H2,1-2H3,(H,19,20,21);;/q;+1;-1. The molecule has 0 aliphatic rings. The maximum Gasteiger partial charge on any atom is 1.00 e. The van der Waals surface area contributed by atoms with Gasteiger partial charge in [0.15, 0.2) is 0 Å². The van der Waals surface area contributed by atoms with Crippen LogP contribution in [0.3, 0.4) is 0 Å². The molecule has 0 saturated heterocycles. The Balaban J connectivity index is 0.00000264. The summed E-state index contributed by atoms with van der Waals surface area (Å²) in [6.45, 7) is 4.20. The second kappa shape index (κ2) is 8.89. The van der Waals surface area contributed by atoms with Crippen molar-refractivity contribution in [3.8, 4) is 0 Å². The van der Waals surface area contributed by atoms with Crippen LogP contribution in [0, 0.1) is 0 Å². The molecule has 2 rings (SSSR count). The summed E-state index contributed by atoms with van der Waals surface area (Å²) in [5.74, 6) is 0. The molecule has 0 aromatic heterocycles.